The zero-order valence-corrected chi connectivity index (χ0v) is 14.1. The second kappa shape index (κ2) is 9.16. The molecule has 0 aliphatic carbocycles. The van der Waals surface area contributed by atoms with Crippen molar-refractivity contribution < 1.29 is 4.79 Å². The van der Waals surface area contributed by atoms with Gasteiger partial charge in [0.25, 0.3) is 5.91 Å². The van der Waals surface area contributed by atoms with E-state index in [1.807, 2.05) is 30.3 Å². The van der Waals surface area contributed by atoms with Crippen LogP contribution in [0.2, 0.25) is 5.02 Å². The molecule has 0 radical (unpaired) electrons. The lowest BCUT2D eigenvalue weighted by molar-refractivity contribution is 0.0954. The van der Waals surface area contributed by atoms with Gasteiger partial charge in [-0.05, 0) is 42.7 Å². The zero-order valence-electron chi connectivity index (χ0n) is 13.3. The van der Waals surface area contributed by atoms with E-state index >= 15 is 0 Å². The van der Waals surface area contributed by atoms with Gasteiger partial charge < -0.3 is 10.6 Å². The summed E-state index contributed by atoms with van der Waals surface area (Å²) < 4.78 is 0. The van der Waals surface area contributed by atoms with Crippen LogP contribution in [0.1, 0.15) is 35.7 Å². The molecule has 5 heteroatoms. The van der Waals surface area contributed by atoms with Crippen LogP contribution in [-0.4, -0.2) is 24.0 Å². The van der Waals surface area contributed by atoms with Crippen molar-refractivity contribution in [2.45, 2.75) is 26.2 Å². The molecule has 1 amide bonds. The van der Waals surface area contributed by atoms with Crippen molar-refractivity contribution in [1.82, 2.24) is 10.3 Å². The van der Waals surface area contributed by atoms with E-state index in [0.29, 0.717) is 12.1 Å². The molecule has 0 saturated carbocycles. The molecule has 1 aromatic heterocycles. The number of rotatable bonds is 8. The van der Waals surface area contributed by atoms with E-state index in [-0.39, 0.29) is 5.91 Å². The van der Waals surface area contributed by atoms with Gasteiger partial charge in [0.05, 0.1) is 5.56 Å². The maximum Gasteiger partial charge on any atom is 0.252 e. The Bertz CT molecular complexity index is 611. The molecule has 0 saturated heterocycles. The van der Waals surface area contributed by atoms with Gasteiger partial charge in [-0.25, -0.2) is 4.98 Å². The summed E-state index contributed by atoms with van der Waals surface area (Å²) >= 11 is 5.85. The van der Waals surface area contributed by atoms with E-state index in [2.05, 4.69) is 22.5 Å². The first-order chi connectivity index (χ1) is 11.2. The fourth-order valence-electron chi connectivity index (χ4n) is 2.10. The molecule has 1 aromatic carbocycles. The standard InChI is InChI=1S/C18H22ClN3O/c1-2-3-11-20-17-9-6-15(13-22-17)18(23)21-12-10-14-4-7-16(19)8-5-14/h4-9,13H,2-3,10-12H2,1H3,(H,20,22)(H,21,23). The summed E-state index contributed by atoms with van der Waals surface area (Å²) in [6, 6.07) is 11.3. The number of unbranched alkanes of at least 4 members (excludes halogenated alkanes) is 1. The maximum absolute atomic E-state index is 12.1. The fraction of sp³-hybridized carbons (Fsp3) is 0.333. The van der Waals surface area contributed by atoms with Gasteiger partial charge in [-0.2, -0.15) is 0 Å². The minimum atomic E-state index is -0.105. The van der Waals surface area contributed by atoms with Crippen molar-refractivity contribution in [1.29, 1.82) is 0 Å². The lowest BCUT2D eigenvalue weighted by Gasteiger charge is -2.07. The molecule has 2 rings (SSSR count). The number of halogens is 1. The Morgan fingerprint density at radius 2 is 1.91 bits per heavy atom. The average molecular weight is 332 g/mol. The number of anilines is 1. The molecule has 2 aromatic rings. The minimum Gasteiger partial charge on any atom is -0.370 e. The van der Waals surface area contributed by atoms with E-state index in [9.17, 15) is 4.79 Å². The predicted octanol–water partition coefficient (Wildman–Crippen LogP) is 3.92. The number of aromatic nitrogens is 1. The average Bonchev–Trinajstić information content (AvgIpc) is 2.57. The van der Waals surface area contributed by atoms with Gasteiger partial charge >= 0.3 is 0 Å². The van der Waals surface area contributed by atoms with Crippen molar-refractivity contribution in [3.63, 3.8) is 0 Å². The summed E-state index contributed by atoms with van der Waals surface area (Å²) in [5.74, 6) is 0.697. The van der Waals surface area contributed by atoms with Gasteiger partial charge in [0.1, 0.15) is 5.82 Å². The van der Waals surface area contributed by atoms with Gasteiger partial charge in [-0.3, -0.25) is 4.79 Å². The Balaban J connectivity index is 1.77. The molecule has 0 aliphatic rings. The van der Waals surface area contributed by atoms with Crippen molar-refractivity contribution in [2.24, 2.45) is 0 Å². The number of nitrogens with one attached hydrogen (secondary N) is 2. The SMILES string of the molecule is CCCCNc1ccc(C(=O)NCCc2ccc(Cl)cc2)cn1. The number of hydrogen-bond acceptors (Lipinski definition) is 3. The summed E-state index contributed by atoms with van der Waals surface area (Å²) in [7, 11) is 0. The van der Waals surface area contributed by atoms with E-state index in [4.69, 9.17) is 11.6 Å². The van der Waals surface area contributed by atoms with Crippen molar-refractivity contribution in [3.05, 3.63) is 58.7 Å². The van der Waals surface area contributed by atoms with E-state index < -0.39 is 0 Å². The molecular formula is C18H22ClN3O. The Morgan fingerprint density at radius 1 is 1.13 bits per heavy atom. The number of hydrogen-bond donors (Lipinski definition) is 2. The highest BCUT2D eigenvalue weighted by Crippen LogP contribution is 2.10. The van der Waals surface area contributed by atoms with Crippen molar-refractivity contribution >= 4 is 23.3 Å². The van der Waals surface area contributed by atoms with Crippen LogP contribution >= 0.6 is 11.6 Å². The molecular weight excluding hydrogens is 310 g/mol. The molecule has 2 N–H and O–H groups in total. The van der Waals surface area contributed by atoms with Crippen LogP contribution < -0.4 is 10.6 Å². The van der Waals surface area contributed by atoms with Crippen molar-refractivity contribution in [3.8, 4) is 0 Å². The Hall–Kier alpha value is -2.07. The zero-order chi connectivity index (χ0) is 16.5. The summed E-state index contributed by atoms with van der Waals surface area (Å²) in [5, 5.41) is 6.85. The quantitative estimate of drug-likeness (QED) is 0.721. The summed E-state index contributed by atoms with van der Waals surface area (Å²) in [4.78, 5) is 16.3. The molecule has 23 heavy (non-hydrogen) atoms. The summed E-state index contributed by atoms with van der Waals surface area (Å²) in [6.45, 7) is 3.62. The van der Waals surface area contributed by atoms with Crippen LogP contribution in [-0.2, 0) is 6.42 Å². The molecule has 4 nitrogen and oxygen atoms in total. The third-order valence-corrected chi connectivity index (χ3v) is 3.73. The predicted molar refractivity (Wildman–Crippen MR) is 95.1 cm³/mol. The van der Waals surface area contributed by atoms with E-state index in [0.717, 1.165) is 42.2 Å². The number of amides is 1. The van der Waals surface area contributed by atoms with Gasteiger partial charge in [0.15, 0.2) is 0 Å². The lowest BCUT2D eigenvalue weighted by Crippen LogP contribution is -2.25. The number of nitrogens with zero attached hydrogens (tertiary/aromatic N) is 1. The Labute approximate surface area is 142 Å². The fourth-order valence-corrected chi connectivity index (χ4v) is 2.23. The number of benzene rings is 1. The monoisotopic (exact) mass is 331 g/mol. The summed E-state index contributed by atoms with van der Waals surface area (Å²) in [6.07, 6.45) is 4.62. The molecule has 1 heterocycles. The second-order valence-electron chi connectivity index (χ2n) is 5.34. The van der Waals surface area contributed by atoms with Crippen LogP contribution in [0.4, 0.5) is 5.82 Å². The topological polar surface area (TPSA) is 54.0 Å². The van der Waals surface area contributed by atoms with Gasteiger partial charge in [-0.1, -0.05) is 37.1 Å². The largest absolute Gasteiger partial charge is 0.370 e. The lowest BCUT2D eigenvalue weighted by atomic mass is 10.1. The smallest absolute Gasteiger partial charge is 0.252 e. The van der Waals surface area contributed by atoms with Crippen LogP contribution in [0.25, 0.3) is 0 Å². The number of carbonyl (C=O) groups excluding carboxylic acids is 1. The maximum atomic E-state index is 12.1. The number of carbonyl (C=O) groups is 1. The highest BCUT2D eigenvalue weighted by Gasteiger charge is 2.05. The highest BCUT2D eigenvalue weighted by atomic mass is 35.5. The Kier molecular flexibility index (Phi) is 6.88. The number of pyridine rings is 1. The first-order valence-electron chi connectivity index (χ1n) is 7.91. The molecule has 0 unspecified atom stereocenters. The van der Waals surface area contributed by atoms with Crippen LogP contribution in [0.5, 0.6) is 0 Å². The third-order valence-electron chi connectivity index (χ3n) is 3.47. The normalized spacial score (nSPS) is 10.3. The summed E-state index contributed by atoms with van der Waals surface area (Å²) in [5.41, 5.74) is 1.71. The van der Waals surface area contributed by atoms with Gasteiger partial charge in [0, 0.05) is 24.3 Å². The molecule has 0 spiro atoms. The van der Waals surface area contributed by atoms with Crippen LogP contribution in [0.3, 0.4) is 0 Å². The van der Waals surface area contributed by atoms with Gasteiger partial charge in [-0.15, -0.1) is 0 Å². The molecule has 122 valence electrons. The van der Waals surface area contributed by atoms with Crippen molar-refractivity contribution in [2.75, 3.05) is 18.4 Å². The third kappa shape index (κ3) is 5.91. The molecule has 0 fully saturated rings. The van der Waals surface area contributed by atoms with Crippen LogP contribution in [0, 0.1) is 0 Å². The van der Waals surface area contributed by atoms with Gasteiger partial charge in [0.2, 0.25) is 0 Å². The van der Waals surface area contributed by atoms with E-state index in [1.54, 1.807) is 12.3 Å². The molecule has 0 atom stereocenters. The minimum absolute atomic E-state index is 0.105. The Morgan fingerprint density at radius 3 is 2.57 bits per heavy atom. The first kappa shape index (κ1) is 17.3. The first-order valence-corrected chi connectivity index (χ1v) is 8.29. The second-order valence-corrected chi connectivity index (χ2v) is 5.78. The highest BCUT2D eigenvalue weighted by molar-refractivity contribution is 6.30. The molecule has 0 bridgehead atoms. The van der Waals surface area contributed by atoms with E-state index in [1.165, 1.54) is 0 Å². The molecule has 0 aliphatic heterocycles. The van der Waals surface area contributed by atoms with Crippen LogP contribution in [0.15, 0.2) is 42.6 Å².